The van der Waals surface area contributed by atoms with Gasteiger partial charge in [0.25, 0.3) is 0 Å². The zero-order chi connectivity index (χ0) is 26.0. The molecule has 0 radical (unpaired) electrons. The SMILES string of the molecule is CCCC1(CC)COC2(CC(C)(C)N(OC(C)c3ccc(OCC4CO4)cc3)C(CC)(CC)C2)OC1. The van der Waals surface area contributed by atoms with E-state index in [4.69, 9.17) is 23.8 Å². The first-order valence-corrected chi connectivity index (χ1v) is 14.2. The van der Waals surface area contributed by atoms with Gasteiger partial charge < -0.3 is 18.9 Å². The Bertz CT molecular complexity index is 837. The second-order valence-corrected chi connectivity index (χ2v) is 12.1. The fourth-order valence-corrected chi connectivity index (χ4v) is 6.37. The van der Waals surface area contributed by atoms with Crippen LogP contribution in [-0.2, 0) is 19.0 Å². The highest BCUT2D eigenvalue weighted by Crippen LogP contribution is 2.52. The van der Waals surface area contributed by atoms with Crippen LogP contribution in [0.25, 0.3) is 0 Å². The van der Waals surface area contributed by atoms with Crippen LogP contribution in [-0.4, -0.2) is 54.5 Å². The Morgan fingerprint density at radius 1 is 0.972 bits per heavy atom. The highest BCUT2D eigenvalue weighted by atomic mass is 16.7. The first-order valence-electron chi connectivity index (χ1n) is 14.2. The zero-order valence-electron chi connectivity index (χ0n) is 23.7. The van der Waals surface area contributed by atoms with E-state index >= 15 is 0 Å². The predicted octanol–water partition coefficient (Wildman–Crippen LogP) is 6.83. The van der Waals surface area contributed by atoms with Crippen LogP contribution in [0.4, 0.5) is 0 Å². The summed E-state index contributed by atoms with van der Waals surface area (Å²) < 4.78 is 24.5. The summed E-state index contributed by atoms with van der Waals surface area (Å²) in [4.78, 5) is 6.83. The lowest BCUT2D eigenvalue weighted by Crippen LogP contribution is -2.69. The molecule has 36 heavy (non-hydrogen) atoms. The summed E-state index contributed by atoms with van der Waals surface area (Å²) in [5.41, 5.74) is 0.873. The minimum absolute atomic E-state index is 0.0814. The molecule has 1 aromatic rings. The van der Waals surface area contributed by atoms with Gasteiger partial charge in [0.05, 0.1) is 25.4 Å². The fraction of sp³-hybridized carbons (Fsp3) is 0.800. The normalized spacial score (nSPS) is 32.4. The quantitative estimate of drug-likeness (QED) is 0.309. The molecule has 2 unspecified atom stereocenters. The Balaban J connectivity index is 1.48. The molecule has 3 aliphatic rings. The van der Waals surface area contributed by atoms with Crippen molar-refractivity contribution in [2.24, 2.45) is 5.41 Å². The number of piperidine rings is 1. The third-order valence-electron chi connectivity index (χ3n) is 8.86. The number of nitrogens with zero attached hydrogens (tertiary/aromatic N) is 1. The molecule has 6 heteroatoms. The molecule has 0 aliphatic carbocycles. The van der Waals surface area contributed by atoms with Gasteiger partial charge in [0.15, 0.2) is 5.79 Å². The van der Waals surface area contributed by atoms with E-state index in [0.717, 1.165) is 76.1 Å². The molecule has 3 saturated heterocycles. The number of hydrogen-bond acceptors (Lipinski definition) is 6. The summed E-state index contributed by atoms with van der Waals surface area (Å²) in [6, 6.07) is 8.27. The molecule has 0 saturated carbocycles. The van der Waals surface area contributed by atoms with Crippen molar-refractivity contribution >= 4 is 0 Å². The van der Waals surface area contributed by atoms with Gasteiger partial charge in [-0.25, -0.2) is 0 Å². The Labute approximate surface area is 218 Å². The minimum Gasteiger partial charge on any atom is -0.491 e. The fourth-order valence-electron chi connectivity index (χ4n) is 6.37. The van der Waals surface area contributed by atoms with E-state index in [1.54, 1.807) is 0 Å². The zero-order valence-corrected chi connectivity index (χ0v) is 23.7. The molecular formula is C30H49NO5. The van der Waals surface area contributed by atoms with Crippen LogP contribution in [0.1, 0.15) is 105 Å². The third kappa shape index (κ3) is 5.78. The van der Waals surface area contributed by atoms with Crippen LogP contribution in [0, 0.1) is 5.41 Å². The van der Waals surface area contributed by atoms with E-state index < -0.39 is 5.79 Å². The Morgan fingerprint density at radius 2 is 1.61 bits per heavy atom. The lowest BCUT2D eigenvalue weighted by molar-refractivity contribution is -0.396. The van der Waals surface area contributed by atoms with Gasteiger partial charge in [-0.3, -0.25) is 4.84 Å². The number of hydroxylamine groups is 2. The average molecular weight is 504 g/mol. The van der Waals surface area contributed by atoms with Crippen molar-refractivity contribution in [2.75, 3.05) is 26.4 Å². The van der Waals surface area contributed by atoms with Gasteiger partial charge in [0, 0.05) is 23.8 Å². The molecule has 204 valence electrons. The van der Waals surface area contributed by atoms with E-state index in [-0.39, 0.29) is 28.7 Å². The third-order valence-corrected chi connectivity index (χ3v) is 8.86. The lowest BCUT2D eigenvalue weighted by Gasteiger charge is -2.61. The molecule has 4 rings (SSSR count). The molecule has 1 spiro atoms. The second kappa shape index (κ2) is 10.9. The maximum absolute atomic E-state index is 6.83. The summed E-state index contributed by atoms with van der Waals surface area (Å²) in [7, 11) is 0. The largest absolute Gasteiger partial charge is 0.491 e. The molecule has 2 atom stereocenters. The van der Waals surface area contributed by atoms with Crippen LogP contribution < -0.4 is 4.74 Å². The van der Waals surface area contributed by atoms with Gasteiger partial charge in [-0.1, -0.05) is 46.2 Å². The summed E-state index contributed by atoms with van der Waals surface area (Å²) >= 11 is 0. The molecule has 0 amide bonds. The molecule has 0 bridgehead atoms. The molecule has 0 aromatic heterocycles. The number of hydrogen-bond donors (Lipinski definition) is 0. The van der Waals surface area contributed by atoms with Crippen LogP contribution >= 0.6 is 0 Å². The summed E-state index contributed by atoms with van der Waals surface area (Å²) in [5.74, 6) is 0.325. The monoisotopic (exact) mass is 503 g/mol. The standard InChI is InChI=1S/C30H49NO5/c1-8-16-28(9-2)21-34-30(35-22-28)19-27(6,7)31(29(10-3,11-4)20-30)36-23(5)24-12-14-25(15-13-24)32-17-26-18-33-26/h12-15,23,26H,8-11,16-22H2,1-7H3. The van der Waals surface area contributed by atoms with Crippen molar-refractivity contribution in [2.45, 2.75) is 122 Å². The molecule has 6 nitrogen and oxygen atoms in total. The molecule has 3 fully saturated rings. The predicted molar refractivity (Wildman–Crippen MR) is 142 cm³/mol. The van der Waals surface area contributed by atoms with E-state index in [9.17, 15) is 0 Å². The molecule has 3 aliphatic heterocycles. The maximum Gasteiger partial charge on any atom is 0.172 e. The van der Waals surface area contributed by atoms with Gasteiger partial charge in [-0.05, 0) is 64.2 Å². The Hall–Kier alpha value is -1.18. The van der Waals surface area contributed by atoms with Crippen molar-refractivity contribution in [1.29, 1.82) is 0 Å². The first kappa shape index (κ1) is 27.8. The molecule has 0 N–H and O–H groups in total. The van der Waals surface area contributed by atoms with Gasteiger partial charge in [-0.15, -0.1) is 0 Å². The smallest absolute Gasteiger partial charge is 0.172 e. The topological polar surface area (TPSA) is 52.7 Å². The number of epoxide rings is 1. The van der Waals surface area contributed by atoms with Crippen LogP contribution in [0.5, 0.6) is 5.75 Å². The van der Waals surface area contributed by atoms with Crippen molar-refractivity contribution in [1.82, 2.24) is 5.06 Å². The summed E-state index contributed by atoms with van der Waals surface area (Å²) in [6.07, 6.45) is 7.14. The van der Waals surface area contributed by atoms with Crippen molar-refractivity contribution in [3.63, 3.8) is 0 Å². The van der Waals surface area contributed by atoms with Crippen molar-refractivity contribution in [3.8, 4) is 5.75 Å². The first-order chi connectivity index (χ1) is 17.1. The highest BCUT2D eigenvalue weighted by molar-refractivity contribution is 5.28. The van der Waals surface area contributed by atoms with E-state index in [2.05, 4.69) is 65.7 Å². The number of ether oxygens (including phenoxy) is 4. The summed E-state index contributed by atoms with van der Waals surface area (Å²) in [6.45, 7) is 18.7. The van der Waals surface area contributed by atoms with Gasteiger partial charge in [0.2, 0.25) is 0 Å². The van der Waals surface area contributed by atoms with Gasteiger partial charge in [0.1, 0.15) is 24.6 Å². The number of rotatable bonds is 11. The molecule has 3 heterocycles. The lowest BCUT2D eigenvalue weighted by atomic mass is 9.72. The number of benzene rings is 1. The van der Waals surface area contributed by atoms with Crippen LogP contribution in [0.3, 0.4) is 0 Å². The van der Waals surface area contributed by atoms with Gasteiger partial charge in [-0.2, -0.15) is 5.06 Å². The van der Waals surface area contributed by atoms with E-state index in [1.165, 1.54) is 0 Å². The molecule has 1 aromatic carbocycles. The van der Waals surface area contributed by atoms with Crippen molar-refractivity contribution < 1.29 is 23.8 Å². The Morgan fingerprint density at radius 3 is 2.14 bits per heavy atom. The van der Waals surface area contributed by atoms with Crippen LogP contribution in [0.15, 0.2) is 24.3 Å². The highest BCUT2D eigenvalue weighted by Gasteiger charge is 2.59. The summed E-state index contributed by atoms with van der Waals surface area (Å²) in [5, 5.41) is 2.30. The maximum atomic E-state index is 6.83. The van der Waals surface area contributed by atoms with Gasteiger partial charge >= 0.3 is 0 Å². The van der Waals surface area contributed by atoms with Crippen LogP contribution in [0.2, 0.25) is 0 Å². The Kier molecular flexibility index (Phi) is 8.43. The van der Waals surface area contributed by atoms with E-state index in [1.807, 2.05) is 12.1 Å². The second-order valence-electron chi connectivity index (χ2n) is 12.1. The van der Waals surface area contributed by atoms with E-state index in [0.29, 0.717) is 6.61 Å². The minimum atomic E-state index is -0.546. The van der Waals surface area contributed by atoms with Crippen molar-refractivity contribution in [3.05, 3.63) is 29.8 Å². The molecular weight excluding hydrogens is 454 g/mol. The average Bonchev–Trinajstić information content (AvgIpc) is 3.71.